The van der Waals surface area contributed by atoms with Crippen LogP contribution >= 0.6 is 0 Å². The first kappa shape index (κ1) is 13.3. The molecular formula is C14H22N6. The number of nitrogens with one attached hydrogen (secondary N) is 1. The summed E-state index contributed by atoms with van der Waals surface area (Å²) in [4.78, 5) is 0. The van der Waals surface area contributed by atoms with Crippen LogP contribution in [0.4, 0.5) is 0 Å². The summed E-state index contributed by atoms with van der Waals surface area (Å²) in [6.45, 7) is 6.38. The van der Waals surface area contributed by atoms with Gasteiger partial charge in [-0.2, -0.15) is 5.10 Å². The molecule has 0 spiro atoms. The summed E-state index contributed by atoms with van der Waals surface area (Å²) in [5, 5.41) is 16.6. The molecule has 1 unspecified atom stereocenters. The Bertz CT molecular complexity index is 582. The lowest BCUT2D eigenvalue weighted by Crippen LogP contribution is -2.34. The van der Waals surface area contributed by atoms with E-state index in [-0.39, 0.29) is 6.04 Å². The van der Waals surface area contributed by atoms with Gasteiger partial charge in [-0.1, -0.05) is 13.8 Å². The molecule has 0 bridgehead atoms. The van der Waals surface area contributed by atoms with Crippen molar-refractivity contribution in [3.05, 3.63) is 29.6 Å². The average molecular weight is 274 g/mol. The summed E-state index contributed by atoms with van der Waals surface area (Å²) in [6.07, 6.45) is 6.10. The van der Waals surface area contributed by atoms with Crippen molar-refractivity contribution in [3.8, 4) is 0 Å². The topological polar surface area (TPSA) is 60.6 Å². The number of rotatable bonds is 4. The average Bonchev–Trinajstić information content (AvgIpc) is 3.02. The molecule has 0 fully saturated rings. The standard InChI is InChI=1S/C14H22N6/c1-10(2)4-5-12-17-18-14-13(15-6-7-20(12)14)11-8-16-19(3)9-11/h8-10,13,15H,4-7H2,1-3H3. The number of hydrogen-bond acceptors (Lipinski definition) is 4. The van der Waals surface area contributed by atoms with Crippen molar-refractivity contribution in [2.24, 2.45) is 13.0 Å². The Balaban J connectivity index is 1.86. The number of aryl methyl sites for hydroxylation is 2. The van der Waals surface area contributed by atoms with Crippen LogP contribution in [-0.2, 0) is 20.0 Å². The second kappa shape index (κ2) is 5.36. The third kappa shape index (κ3) is 2.47. The molecule has 2 aromatic rings. The van der Waals surface area contributed by atoms with Gasteiger partial charge in [0.2, 0.25) is 0 Å². The van der Waals surface area contributed by atoms with E-state index in [1.165, 1.54) is 0 Å². The second-order valence-corrected chi connectivity index (χ2v) is 5.89. The van der Waals surface area contributed by atoms with Crippen molar-refractivity contribution in [2.75, 3.05) is 6.54 Å². The van der Waals surface area contributed by atoms with Crippen LogP contribution in [0.15, 0.2) is 12.4 Å². The van der Waals surface area contributed by atoms with Crippen LogP contribution in [-0.4, -0.2) is 31.1 Å². The van der Waals surface area contributed by atoms with E-state index >= 15 is 0 Å². The largest absolute Gasteiger partial charge is 0.312 e. The minimum absolute atomic E-state index is 0.109. The van der Waals surface area contributed by atoms with Crippen LogP contribution < -0.4 is 5.32 Å². The summed E-state index contributed by atoms with van der Waals surface area (Å²) in [5.74, 6) is 2.82. The Kier molecular flexibility index (Phi) is 3.56. The highest BCUT2D eigenvalue weighted by molar-refractivity contribution is 5.21. The molecule has 20 heavy (non-hydrogen) atoms. The first-order chi connectivity index (χ1) is 9.65. The minimum Gasteiger partial charge on any atom is -0.312 e. The van der Waals surface area contributed by atoms with Crippen molar-refractivity contribution in [1.82, 2.24) is 29.9 Å². The normalized spacial score (nSPS) is 18.5. The Morgan fingerprint density at radius 3 is 2.95 bits per heavy atom. The first-order valence-corrected chi connectivity index (χ1v) is 7.29. The van der Waals surface area contributed by atoms with Crippen molar-refractivity contribution in [3.63, 3.8) is 0 Å². The van der Waals surface area contributed by atoms with E-state index in [0.29, 0.717) is 5.92 Å². The Morgan fingerprint density at radius 1 is 1.40 bits per heavy atom. The van der Waals surface area contributed by atoms with Gasteiger partial charge in [0.15, 0.2) is 5.82 Å². The summed E-state index contributed by atoms with van der Waals surface area (Å²) in [5.41, 5.74) is 1.15. The molecule has 0 radical (unpaired) electrons. The number of nitrogens with zero attached hydrogens (tertiary/aromatic N) is 5. The maximum Gasteiger partial charge on any atom is 0.154 e. The van der Waals surface area contributed by atoms with Crippen LogP contribution in [0.3, 0.4) is 0 Å². The zero-order valence-electron chi connectivity index (χ0n) is 12.4. The number of fused-ring (bicyclic) bond motifs is 1. The lowest BCUT2D eigenvalue weighted by atomic mass is 10.1. The molecule has 1 aliphatic heterocycles. The van der Waals surface area contributed by atoms with Crippen LogP contribution in [0.2, 0.25) is 0 Å². The molecule has 6 nitrogen and oxygen atoms in total. The molecule has 0 saturated heterocycles. The van der Waals surface area contributed by atoms with Gasteiger partial charge in [0, 0.05) is 38.3 Å². The molecule has 0 aromatic carbocycles. The lowest BCUT2D eigenvalue weighted by Gasteiger charge is -2.24. The molecule has 6 heteroatoms. The van der Waals surface area contributed by atoms with Gasteiger partial charge in [-0.05, 0) is 12.3 Å². The molecule has 0 aliphatic carbocycles. The first-order valence-electron chi connectivity index (χ1n) is 7.29. The lowest BCUT2D eigenvalue weighted by molar-refractivity contribution is 0.442. The third-order valence-electron chi connectivity index (χ3n) is 3.80. The third-order valence-corrected chi connectivity index (χ3v) is 3.80. The van der Waals surface area contributed by atoms with E-state index in [1.807, 2.05) is 24.1 Å². The zero-order valence-corrected chi connectivity index (χ0v) is 12.4. The fourth-order valence-corrected chi connectivity index (χ4v) is 2.68. The van der Waals surface area contributed by atoms with Crippen molar-refractivity contribution < 1.29 is 0 Å². The molecule has 3 heterocycles. The van der Waals surface area contributed by atoms with Gasteiger partial charge in [-0.3, -0.25) is 4.68 Å². The molecule has 0 amide bonds. The number of aromatic nitrogens is 5. The summed E-state index contributed by atoms with van der Waals surface area (Å²) >= 11 is 0. The highest BCUT2D eigenvalue weighted by Crippen LogP contribution is 2.24. The molecular weight excluding hydrogens is 252 g/mol. The Labute approximate surface area is 119 Å². The quantitative estimate of drug-likeness (QED) is 0.912. The van der Waals surface area contributed by atoms with E-state index in [0.717, 1.165) is 43.1 Å². The molecule has 1 aliphatic rings. The Hall–Kier alpha value is -1.69. The number of hydrogen-bond donors (Lipinski definition) is 1. The van der Waals surface area contributed by atoms with Gasteiger partial charge in [-0.15, -0.1) is 10.2 Å². The Morgan fingerprint density at radius 2 is 2.25 bits per heavy atom. The van der Waals surface area contributed by atoms with E-state index in [2.05, 4.69) is 39.0 Å². The van der Waals surface area contributed by atoms with E-state index < -0.39 is 0 Å². The SMILES string of the molecule is CC(C)CCc1nnc2n1CCNC2c1cnn(C)c1. The van der Waals surface area contributed by atoms with Crippen LogP contribution in [0.5, 0.6) is 0 Å². The molecule has 3 rings (SSSR count). The predicted molar refractivity (Wildman–Crippen MR) is 76.2 cm³/mol. The van der Waals surface area contributed by atoms with Gasteiger partial charge >= 0.3 is 0 Å². The van der Waals surface area contributed by atoms with Crippen molar-refractivity contribution >= 4 is 0 Å². The van der Waals surface area contributed by atoms with Gasteiger partial charge < -0.3 is 9.88 Å². The van der Waals surface area contributed by atoms with E-state index in [1.54, 1.807) is 0 Å². The van der Waals surface area contributed by atoms with Crippen LogP contribution in [0.1, 0.15) is 43.5 Å². The second-order valence-electron chi connectivity index (χ2n) is 5.89. The summed E-state index contributed by atoms with van der Waals surface area (Å²) < 4.78 is 4.10. The van der Waals surface area contributed by atoms with Crippen molar-refractivity contribution in [2.45, 2.75) is 39.3 Å². The highest BCUT2D eigenvalue weighted by Gasteiger charge is 2.26. The van der Waals surface area contributed by atoms with Crippen LogP contribution in [0, 0.1) is 5.92 Å². The van der Waals surface area contributed by atoms with Crippen LogP contribution in [0.25, 0.3) is 0 Å². The maximum absolute atomic E-state index is 4.42. The monoisotopic (exact) mass is 274 g/mol. The van der Waals surface area contributed by atoms with Gasteiger partial charge in [-0.25, -0.2) is 0 Å². The molecule has 0 saturated carbocycles. The zero-order chi connectivity index (χ0) is 14.1. The smallest absolute Gasteiger partial charge is 0.154 e. The maximum atomic E-state index is 4.42. The molecule has 1 atom stereocenters. The van der Waals surface area contributed by atoms with Crippen molar-refractivity contribution in [1.29, 1.82) is 0 Å². The fourth-order valence-electron chi connectivity index (χ4n) is 2.68. The summed E-state index contributed by atoms with van der Waals surface area (Å²) in [7, 11) is 1.94. The van der Waals surface area contributed by atoms with Gasteiger partial charge in [0.25, 0.3) is 0 Å². The highest BCUT2D eigenvalue weighted by atomic mass is 15.3. The molecule has 108 valence electrons. The van der Waals surface area contributed by atoms with Gasteiger partial charge in [0.05, 0.1) is 12.2 Å². The van der Waals surface area contributed by atoms with E-state index in [9.17, 15) is 0 Å². The molecule has 2 aromatic heterocycles. The predicted octanol–water partition coefficient (Wildman–Crippen LogP) is 1.29. The summed E-state index contributed by atoms with van der Waals surface area (Å²) in [6, 6.07) is 0.109. The molecule has 1 N–H and O–H groups in total. The van der Waals surface area contributed by atoms with E-state index in [4.69, 9.17) is 0 Å². The fraction of sp³-hybridized carbons (Fsp3) is 0.643. The van der Waals surface area contributed by atoms with Gasteiger partial charge in [0.1, 0.15) is 5.82 Å². The minimum atomic E-state index is 0.109.